The van der Waals surface area contributed by atoms with Gasteiger partial charge in [0.1, 0.15) is 5.75 Å². The first-order chi connectivity index (χ1) is 12.6. The van der Waals surface area contributed by atoms with E-state index in [4.69, 9.17) is 14.2 Å². The van der Waals surface area contributed by atoms with Crippen LogP contribution in [0.25, 0.3) is 11.0 Å². The lowest BCUT2D eigenvalue weighted by molar-refractivity contribution is -0.114. The summed E-state index contributed by atoms with van der Waals surface area (Å²) >= 11 is 0. The molecule has 1 aromatic heterocycles. The molecule has 3 aromatic rings. The smallest absolute Gasteiger partial charge is 0.243 e. The number of ether oxygens (including phenoxy) is 3. The van der Waals surface area contributed by atoms with Crippen LogP contribution in [0.4, 0.5) is 11.6 Å². The van der Waals surface area contributed by atoms with E-state index in [2.05, 4.69) is 20.6 Å². The Balaban J connectivity index is 1.62. The molecule has 0 saturated carbocycles. The number of H-pyrrole nitrogens is 1. The van der Waals surface area contributed by atoms with Crippen molar-refractivity contribution in [1.82, 2.24) is 9.97 Å². The molecule has 3 rings (SSSR count). The first kappa shape index (κ1) is 17.4. The molecule has 1 heterocycles. The molecular formula is C18H20N4O4. The predicted molar refractivity (Wildman–Crippen MR) is 99.3 cm³/mol. The number of aromatic amines is 1. The van der Waals surface area contributed by atoms with Crippen LogP contribution in [0.3, 0.4) is 0 Å². The van der Waals surface area contributed by atoms with Crippen molar-refractivity contribution in [2.45, 2.75) is 0 Å². The van der Waals surface area contributed by atoms with Gasteiger partial charge in [0, 0.05) is 17.8 Å². The highest BCUT2D eigenvalue weighted by atomic mass is 16.5. The second-order valence-corrected chi connectivity index (χ2v) is 5.44. The predicted octanol–water partition coefficient (Wildman–Crippen LogP) is 2.64. The van der Waals surface area contributed by atoms with E-state index in [1.54, 1.807) is 39.5 Å². The van der Waals surface area contributed by atoms with Crippen molar-refractivity contribution in [1.29, 1.82) is 0 Å². The van der Waals surface area contributed by atoms with Crippen LogP contribution >= 0.6 is 0 Å². The number of imidazole rings is 1. The molecule has 136 valence electrons. The number of carbonyl (C=O) groups is 1. The third-order valence-electron chi connectivity index (χ3n) is 3.77. The van der Waals surface area contributed by atoms with Crippen molar-refractivity contribution in [3.05, 3.63) is 36.4 Å². The van der Waals surface area contributed by atoms with Crippen LogP contribution in [0, 0.1) is 0 Å². The SMILES string of the molecule is COc1ccc2[nH]c(NCC(=O)Nc3ccc(OC)c(OC)c3)nc2c1. The Morgan fingerprint density at radius 3 is 2.58 bits per heavy atom. The summed E-state index contributed by atoms with van der Waals surface area (Å²) in [5, 5.41) is 5.76. The number of hydrogen-bond donors (Lipinski definition) is 3. The minimum absolute atomic E-state index is 0.0608. The number of rotatable bonds is 7. The average Bonchev–Trinajstić information content (AvgIpc) is 3.08. The largest absolute Gasteiger partial charge is 0.497 e. The summed E-state index contributed by atoms with van der Waals surface area (Å²) < 4.78 is 15.6. The molecule has 0 radical (unpaired) electrons. The van der Waals surface area contributed by atoms with Gasteiger partial charge in [0.15, 0.2) is 11.5 Å². The number of anilines is 2. The molecule has 0 aliphatic heterocycles. The van der Waals surface area contributed by atoms with E-state index in [0.29, 0.717) is 23.1 Å². The van der Waals surface area contributed by atoms with E-state index in [9.17, 15) is 4.79 Å². The molecular weight excluding hydrogens is 336 g/mol. The van der Waals surface area contributed by atoms with Gasteiger partial charge in [0.05, 0.1) is 38.9 Å². The number of aromatic nitrogens is 2. The minimum Gasteiger partial charge on any atom is -0.497 e. The van der Waals surface area contributed by atoms with E-state index >= 15 is 0 Å². The van der Waals surface area contributed by atoms with Crippen LogP contribution in [-0.4, -0.2) is 43.7 Å². The Labute approximate surface area is 150 Å². The second kappa shape index (κ2) is 7.64. The van der Waals surface area contributed by atoms with Crippen molar-refractivity contribution in [3.8, 4) is 17.2 Å². The van der Waals surface area contributed by atoms with Crippen LogP contribution in [0.15, 0.2) is 36.4 Å². The average molecular weight is 356 g/mol. The van der Waals surface area contributed by atoms with Crippen LogP contribution in [-0.2, 0) is 4.79 Å². The summed E-state index contributed by atoms with van der Waals surface area (Å²) in [5.41, 5.74) is 2.23. The van der Waals surface area contributed by atoms with Gasteiger partial charge in [0.2, 0.25) is 11.9 Å². The quantitative estimate of drug-likeness (QED) is 0.602. The zero-order valence-corrected chi connectivity index (χ0v) is 14.8. The van der Waals surface area contributed by atoms with E-state index in [0.717, 1.165) is 16.8 Å². The number of fused-ring (bicyclic) bond motifs is 1. The van der Waals surface area contributed by atoms with E-state index < -0.39 is 0 Å². The van der Waals surface area contributed by atoms with Gasteiger partial charge in [-0.15, -0.1) is 0 Å². The fourth-order valence-electron chi connectivity index (χ4n) is 2.48. The minimum atomic E-state index is -0.213. The fourth-order valence-corrected chi connectivity index (χ4v) is 2.48. The zero-order chi connectivity index (χ0) is 18.5. The Bertz CT molecular complexity index is 923. The van der Waals surface area contributed by atoms with E-state index in [1.165, 1.54) is 0 Å². The highest BCUT2D eigenvalue weighted by Crippen LogP contribution is 2.29. The number of nitrogens with one attached hydrogen (secondary N) is 3. The molecule has 0 aliphatic carbocycles. The van der Waals surface area contributed by atoms with Gasteiger partial charge in [-0.05, 0) is 24.3 Å². The fraction of sp³-hybridized carbons (Fsp3) is 0.222. The number of hydrogen-bond acceptors (Lipinski definition) is 6. The maximum absolute atomic E-state index is 12.1. The summed E-state index contributed by atoms with van der Waals surface area (Å²) in [6.07, 6.45) is 0. The lowest BCUT2D eigenvalue weighted by Gasteiger charge is -2.10. The Hall–Kier alpha value is -3.42. The van der Waals surface area contributed by atoms with Gasteiger partial charge < -0.3 is 29.8 Å². The van der Waals surface area contributed by atoms with Crippen LogP contribution in [0.5, 0.6) is 17.2 Å². The summed E-state index contributed by atoms with van der Waals surface area (Å²) in [6.45, 7) is 0.0608. The van der Waals surface area contributed by atoms with Gasteiger partial charge in [-0.2, -0.15) is 0 Å². The topological polar surface area (TPSA) is 97.5 Å². The third kappa shape index (κ3) is 3.80. The molecule has 0 spiro atoms. The molecule has 8 nitrogen and oxygen atoms in total. The lowest BCUT2D eigenvalue weighted by atomic mass is 10.2. The molecule has 0 atom stereocenters. The number of methoxy groups -OCH3 is 3. The van der Waals surface area contributed by atoms with Crippen LogP contribution in [0.2, 0.25) is 0 Å². The van der Waals surface area contributed by atoms with Gasteiger partial charge in [-0.3, -0.25) is 4.79 Å². The third-order valence-corrected chi connectivity index (χ3v) is 3.77. The summed E-state index contributed by atoms with van der Waals surface area (Å²) in [5.74, 6) is 2.17. The zero-order valence-electron chi connectivity index (χ0n) is 14.8. The van der Waals surface area contributed by atoms with Crippen LogP contribution < -0.4 is 24.8 Å². The summed E-state index contributed by atoms with van der Waals surface area (Å²) in [6, 6.07) is 10.7. The van der Waals surface area contributed by atoms with Crippen molar-refractivity contribution >= 4 is 28.6 Å². The maximum atomic E-state index is 12.1. The highest BCUT2D eigenvalue weighted by molar-refractivity contribution is 5.94. The van der Waals surface area contributed by atoms with E-state index in [1.807, 2.05) is 18.2 Å². The van der Waals surface area contributed by atoms with Crippen molar-refractivity contribution in [2.75, 3.05) is 38.5 Å². The molecule has 0 fully saturated rings. The standard InChI is InChI=1S/C18H20N4O4/c1-24-12-5-6-13-14(9-12)22-18(21-13)19-10-17(23)20-11-4-7-15(25-2)16(8-11)26-3/h4-9H,10H2,1-3H3,(H,20,23)(H2,19,21,22). The van der Waals surface area contributed by atoms with E-state index in [-0.39, 0.29) is 12.5 Å². The molecule has 1 amide bonds. The monoisotopic (exact) mass is 356 g/mol. The molecule has 2 aromatic carbocycles. The molecule has 26 heavy (non-hydrogen) atoms. The first-order valence-corrected chi connectivity index (χ1v) is 7.92. The maximum Gasteiger partial charge on any atom is 0.243 e. The summed E-state index contributed by atoms with van der Waals surface area (Å²) in [4.78, 5) is 19.6. The first-order valence-electron chi connectivity index (χ1n) is 7.92. The molecule has 0 aliphatic rings. The van der Waals surface area contributed by atoms with Crippen molar-refractivity contribution in [2.24, 2.45) is 0 Å². The van der Waals surface area contributed by atoms with Crippen LogP contribution in [0.1, 0.15) is 0 Å². The Morgan fingerprint density at radius 2 is 1.85 bits per heavy atom. The second-order valence-electron chi connectivity index (χ2n) is 5.44. The Morgan fingerprint density at radius 1 is 1.04 bits per heavy atom. The number of amides is 1. The number of benzene rings is 2. The molecule has 0 bridgehead atoms. The highest BCUT2D eigenvalue weighted by Gasteiger charge is 2.09. The number of nitrogens with zero attached hydrogens (tertiary/aromatic N) is 1. The molecule has 0 unspecified atom stereocenters. The van der Waals surface area contributed by atoms with Crippen molar-refractivity contribution in [3.63, 3.8) is 0 Å². The van der Waals surface area contributed by atoms with Crippen molar-refractivity contribution < 1.29 is 19.0 Å². The van der Waals surface area contributed by atoms with Gasteiger partial charge in [0.25, 0.3) is 0 Å². The molecule has 0 saturated heterocycles. The number of carbonyl (C=O) groups excluding carboxylic acids is 1. The molecule has 3 N–H and O–H groups in total. The molecule has 8 heteroatoms. The van der Waals surface area contributed by atoms with Gasteiger partial charge >= 0.3 is 0 Å². The Kier molecular flexibility index (Phi) is 5.12. The summed E-state index contributed by atoms with van der Waals surface area (Å²) in [7, 11) is 4.70. The lowest BCUT2D eigenvalue weighted by Crippen LogP contribution is -2.22. The van der Waals surface area contributed by atoms with Gasteiger partial charge in [-0.25, -0.2) is 4.98 Å². The normalized spacial score (nSPS) is 10.4. The van der Waals surface area contributed by atoms with Gasteiger partial charge in [-0.1, -0.05) is 0 Å².